The summed E-state index contributed by atoms with van der Waals surface area (Å²) < 4.78 is 22.1. The second kappa shape index (κ2) is 9.76. The van der Waals surface area contributed by atoms with E-state index in [1.807, 2.05) is 24.3 Å². The molecule has 2 unspecified atom stereocenters. The standard InChI is InChI=1S/C22H30N2O6/c1-26-20-5-3-2-4-18(20)19-12-16(30-24-19)13-22(6-8-27-9-7-22)21(25)23-14-17-15-28-10-11-29-17/h2-5,16-17H,6-15H2,1H3,(H,23,25). The van der Waals surface area contributed by atoms with Crippen LogP contribution in [-0.2, 0) is 23.8 Å². The van der Waals surface area contributed by atoms with Crippen molar-refractivity contribution in [2.75, 3.05) is 46.7 Å². The van der Waals surface area contributed by atoms with Crippen LogP contribution in [0.5, 0.6) is 5.75 Å². The summed E-state index contributed by atoms with van der Waals surface area (Å²) in [6, 6.07) is 7.78. The second-order valence-electron chi connectivity index (χ2n) is 8.04. The highest BCUT2D eigenvalue weighted by Crippen LogP contribution is 2.39. The molecule has 8 heteroatoms. The van der Waals surface area contributed by atoms with Gasteiger partial charge in [-0.2, -0.15) is 0 Å². The molecule has 2 fully saturated rings. The van der Waals surface area contributed by atoms with E-state index in [-0.39, 0.29) is 18.1 Å². The molecule has 1 amide bonds. The summed E-state index contributed by atoms with van der Waals surface area (Å²) >= 11 is 0. The van der Waals surface area contributed by atoms with Gasteiger partial charge in [0.1, 0.15) is 11.9 Å². The molecule has 3 heterocycles. The lowest BCUT2D eigenvalue weighted by atomic mass is 9.74. The number of nitrogens with one attached hydrogen (secondary N) is 1. The van der Waals surface area contributed by atoms with E-state index >= 15 is 0 Å². The number of oxime groups is 1. The van der Waals surface area contributed by atoms with Gasteiger partial charge < -0.3 is 29.1 Å². The molecule has 1 N–H and O–H groups in total. The average molecular weight is 418 g/mol. The molecular weight excluding hydrogens is 388 g/mol. The largest absolute Gasteiger partial charge is 0.496 e. The van der Waals surface area contributed by atoms with E-state index in [4.69, 9.17) is 23.8 Å². The lowest BCUT2D eigenvalue weighted by Gasteiger charge is -2.37. The summed E-state index contributed by atoms with van der Waals surface area (Å²) in [6.07, 6.45) is 2.35. The number of benzene rings is 1. The molecule has 2 atom stereocenters. The third kappa shape index (κ3) is 4.77. The van der Waals surface area contributed by atoms with E-state index in [1.54, 1.807) is 7.11 Å². The van der Waals surface area contributed by atoms with Gasteiger partial charge in [-0.05, 0) is 25.0 Å². The minimum atomic E-state index is -0.524. The summed E-state index contributed by atoms with van der Waals surface area (Å²) in [5.74, 6) is 0.808. The number of methoxy groups -OCH3 is 1. The highest BCUT2D eigenvalue weighted by Gasteiger charge is 2.44. The third-order valence-electron chi connectivity index (χ3n) is 6.08. The summed E-state index contributed by atoms with van der Waals surface area (Å²) in [5, 5.41) is 7.39. The molecule has 0 aromatic heterocycles. The Bertz CT molecular complexity index is 756. The maximum absolute atomic E-state index is 13.2. The lowest BCUT2D eigenvalue weighted by molar-refractivity contribution is -0.142. The second-order valence-corrected chi connectivity index (χ2v) is 8.04. The van der Waals surface area contributed by atoms with Gasteiger partial charge in [0.2, 0.25) is 5.91 Å². The van der Waals surface area contributed by atoms with Crippen molar-refractivity contribution >= 4 is 11.6 Å². The Balaban J connectivity index is 1.39. The van der Waals surface area contributed by atoms with Crippen LogP contribution in [-0.4, -0.2) is 70.5 Å². The number of hydrogen-bond donors (Lipinski definition) is 1. The Morgan fingerprint density at radius 3 is 2.77 bits per heavy atom. The molecule has 1 aromatic rings. The molecule has 3 aliphatic heterocycles. The molecule has 3 aliphatic rings. The van der Waals surface area contributed by atoms with Gasteiger partial charge >= 0.3 is 0 Å². The van der Waals surface area contributed by atoms with Gasteiger partial charge in [0.25, 0.3) is 0 Å². The quantitative estimate of drug-likeness (QED) is 0.728. The van der Waals surface area contributed by atoms with Gasteiger partial charge in [-0.1, -0.05) is 17.3 Å². The Morgan fingerprint density at radius 2 is 2.00 bits per heavy atom. The van der Waals surface area contributed by atoms with Crippen molar-refractivity contribution < 1.29 is 28.6 Å². The first-order chi connectivity index (χ1) is 14.7. The average Bonchev–Trinajstić information content (AvgIpc) is 3.26. The number of para-hydroxylation sites is 1. The Hall–Kier alpha value is -2.16. The Kier molecular flexibility index (Phi) is 6.86. The highest BCUT2D eigenvalue weighted by atomic mass is 16.6. The number of amides is 1. The van der Waals surface area contributed by atoms with E-state index in [2.05, 4.69) is 10.5 Å². The molecule has 2 saturated heterocycles. The predicted octanol–water partition coefficient (Wildman–Crippen LogP) is 1.91. The number of carbonyl (C=O) groups is 1. The summed E-state index contributed by atoms with van der Waals surface area (Å²) in [6.45, 7) is 3.29. The predicted molar refractivity (Wildman–Crippen MR) is 110 cm³/mol. The summed E-state index contributed by atoms with van der Waals surface area (Å²) in [5.41, 5.74) is 1.26. The van der Waals surface area contributed by atoms with Crippen molar-refractivity contribution in [1.29, 1.82) is 0 Å². The van der Waals surface area contributed by atoms with Crippen molar-refractivity contribution in [3.63, 3.8) is 0 Å². The maximum Gasteiger partial charge on any atom is 0.226 e. The number of rotatable bonds is 7. The van der Waals surface area contributed by atoms with Gasteiger partial charge in [0.15, 0.2) is 0 Å². The number of ether oxygens (including phenoxy) is 4. The molecule has 0 spiro atoms. The van der Waals surface area contributed by atoms with Crippen molar-refractivity contribution in [2.24, 2.45) is 10.6 Å². The molecule has 0 aliphatic carbocycles. The van der Waals surface area contributed by atoms with Crippen LogP contribution in [0.25, 0.3) is 0 Å². The van der Waals surface area contributed by atoms with Crippen LogP contribution in [0.4, 0.5) is 0 Å². The Labute approximate surface area is 176 Å². The smallest absolute Gasteiger partial charge is 0.226 e. The molecule has 0 bridgehead atoms. The fourth-order valence-corrected chi connectivity index (χ4v) is 4.35. The molecule has 4 rings (SSSR count). The fourth-order valence-electron chi connectivity index (χ4n) is 4.35. The molecule has 0 saturated carbocycles. The van der Waals surface area contributed by atoms with Crippen molar-refractivity contribution in [2.45, 2.75) is 37.9 Å². The van der Waals surface area contributed by atoms with Crippen LogP contribution in [0, 0.1) is 5.41 Å². The number of nitrogens with zero attached hydrogens (tertiary/aromatic N) is 1. The van der Waals surface area contributed by atoms with Crippen LogP contribution in [0.1, 0.15) is 31.2 Å². The van der Waals surface area contributed by atoms with Crippen molar-refractivity contribution in [3.8, 4) is 5.75 Å². The van der Waals surface area contributed by atoms with Gasteiger partial charge in [-0.15, -0.1) is 0 Å². The molecular formula is C22H30N2O6. The zero-order chi connectivity index (χ0) is 20.8. The lowest BCUT2D eigenvalue weighted by Crippen LogP contribution is -2.49. The first-order valence-corrected chi connectivity index (χ1v) is 10.6. The monoisotopic (exact) mass is 418 g/mol. The molecule has 8 nitrogen and oxygen atoms in total. The highest BCUT2D eigenvalue weighted by molar-refractivity contribution is 6.03. The topological polar surface area (TPSA) is 87.6 Å². The first kappa shape index (κ1) is 21.1. The summed E-state index contributed by atoms with van der Waals surface area (Å²) in [7, 11) is 1.65. The number of carbonyl (C=O) groups excluding carboxylic acids is 1. The van der Waals surface area contributed by atoms with E-state index < -0.39 is 5.41 Å². The zero-order valence-corrected chi connectivity index (χ0v) is 17.4. The normalized spacial score (nSPS) is 25.8. The minimum Gasteiger partial charge on any atom is -0.496 e. The SMILES string of the molecule is COc1ccccc1C1=NOC(CC2(C(=O)NCC3COCCO3)CCOCC2)C1. The molecule has 0 radical (unpaired) electrons. The van der Waals surface area contributed by atoms with Crippen LogP contribution < -0.4 is 10.1 Å². The minimum absolute atomic E-state index is 0.0364. The molecule has 164 valence electrons. The van der Waals surface area contributed by atoms with E-state index in [9.17, 15) is 4.79 Å². The van der Waals surface area contributed by atoms with Gasteiger partial charge in [-0.3, -0.25) is 4.79 Å². The van der Waals surface area contributed by atoms with Crippen LogP contribution in [0.3, 0.4) is 0 Å². The first-order valence-electron chi connectivity index (χ1n) is 10.6. The summed E-state index contributed by atoms with van der Waals surface area (Å²) in [4.78, 5) is 19.0. The van der Waals surface area contributed by atoms with Crippen molar-refractivity contribution in [1.82, 2.24) is 5.32 Å². The van der Waals surface area contributed by atoms with Gasteiger partial charge in [0.05, 0.1) is 44.2 Å². The van der Waals surface area contributed by atoms with Crippen molar-refractivity contribution in [3.05, 3.63) is 29.8 Å². The van der Waals surface area contributed by atoms with E-state index in [0.717, 1.165) is 17.0 Å². The van der Waals surface area contributed by atoms with Gasteiger partial charge in [0, 0.05) is 38.2 Å². The molecule has 1 aromatic carbocycles. The van der Waals surface area contributed by atoms with E-state index in [1.165, 1.54) is 0 Å². The molecule has 30 heavy (non-hydrogen) atoms. The fraction of sp³-hybridized carbons (Fsp3) is 0.636. The maximum atomic E-state index is 13.2. The Morgan fingerprint density at radius 1 is 1.17 bits per heavy atom. The van der Waals surface area contributed by atoms with Crippen LogP contribution >= 0.6 is 0 Å². The van der Waals surface area contributed by atoms with E-state index in [0.29, 0.717) is 65.3 Å². The van der Waals surface area contributed by atoms with Crippen LogP contribution in [0.2, 0.25) is 0 Å². The zero-order valence-electron chi connectivity index (χ0n) is 17.4. The van der Waals surface area contributed by atoms with Crippen LogP contribution in [0.15, 0.2) is 29.4 Å². The number of hydrogen-bond acceptors (Lipinski definition) is 7. The third-order valence-corrected chi connectivity index (χ3v) is 6.08. The van der Waals surface area contributed by atoms with Gasteiger partial charge in [-0.25, -0.2) is 0 Å².